The Hall–Kier alpha value is -2.57. The highest BCUT2D eigenvalue weighted by molar-refractivity contribution is 5.97. The number of carbonyl (C=O) groups excluding carboxylic acids is 2. The molecule has 7 heteroatoms. The van der Waals surface area contributed by atoms with Gasteiger partial charge < -0.3 is 19.7 Å². The van der Waals surface area contributed by atoms with Crippen molar-refractivity contribution >= 4 is 23.0 Å². The van der Waals surface area contributed by atoms with Crippen molar-refractivity contribution in [3.8, 4) is 0 Å². The lowest BCUT2D eigenvalue weighted by Gasteiger charge is -2.34. The molecule has 2 fully saturated rings. The lowest BCUT2D eigenvalue weighted by atomic mass is 10.1. The lowest BCUT2D eigenvalue weighted by Crippen LogP contribution is -2.53. The molecule has 1 aliphatic heterocycles. The van der Waals surface area contributed by atoms with Gasteiger partial charge in [0.05, 0.1) is 11.0 Å². The molecule has 0 radical (unpaired) electrons. The topological polar surface area (TPSA) is 70.5 Å². The van der Waals surface area contributed by atoms with Crippen LogP contribution in [0.3, 0.4) is 0 Å². The fourth-order valence-electron chi connectivity index (χ4n) is 3.70. The van der Waals surface area contributed by atoms with Crippen LogP contribution in [0.1, 0.15) is 48.3 Å². The number of amides is 3. The van der Waals surface area contributed by atoms with Crippen LogP contribution in [-0.4, -0.2) is 64.0 Å². The molecule has 0 spiro atoms. The molecule has 1 aromatic heterocycles. The summed E-state index contributed by atoms with van der Waals surface area (Å²) in [5, 5.41) is 2.89. The number of nitrogens with zero attached hydrogens (tertiary/aromatic N) is 4. The molecule has 1 aliphatic carbocycles. The first-order chi connectivity index (χ1) is 13.1. The molecule has 0 atom stereocenters. The average molecular weight is 369 g/mol. The number of rotatable bonds is 4. The quantitative estimate of drug-likeness (QED) is 0.899. The Balaban J connectivity index is 1.43. The predicted molar refractivity (Wildman–Crippen MR) is 104 cm³/mol. The summed E-state index contributed by atoms with van der Waals surface area (Å²) in [6.07, 6.45) is 3.33. The highest BCUT2D eigenvalue weighted by Gasteiger charge is 2.29. The van der Waals surface area contributed by atoms with E-state index in [-0.39, 0.29) is 11.9 Å². The maximum absolute atomic E-state index is 12.9. The maximum atomic E-state index is 12.9. The first kappa shape index (κ1) is 17.8. The van der Waals surface area contributed by atoms with Gasteiger partial charge in [-0.15, -0.1) is 0 Å². The largest absolute Gasteiger partial charge is 0.338 e. The van der Waals surface area contributed by atoms with Crippen LogP contribution >= 0.6 is 0 Å². The van der Waals surface area contributed by atoms with Crippen LogP contribution in [0, 0.1) is 0 Å². The van der Waals surface area contributed by atoms with Crippen LogP contribution < -0.4 is 5.32 Å². The third-order valence-electron chi connectivity index (χ3n) is 5.49. The molecule has 1 aromatic carbocycles. The van der Waals surface area contributed by atoms with Crippen molar-refractivity contribution in [2.24, 2.45) is 7.05 Å². The van der Waals surface area contributed by atoms with Crippen LogP contribution in [0.25, 0.3) is 11.0 Å². The van der Waals surface area contributed by atoms with Gasteiger partial charge >= 0.3 is 6.03 Å². The van der Waals surface area contributed by atoms with Crippen molar-refractivity contribution in [3.63, 3.8) is 0 Å². The minimum atomic E-state index is -0.0357. The highest BCUT2D eigenvalue weighted by Crippen LogP contribution is 2.40. The summed E-state index contributed by atoms with van der Waals surface area (Å²) >= 11 is 0. The number of urea groups is 1. The van der Waals surface area contributed by atoms with Crippen molar-refractivity contribution < 1.29 is 9.59 Å². The van der Waals surface area contributed by atoms with Crippen LogP contribution in [0.5, 0.6) is 0 Å². The van der Waals surface area contributed by atoms with Gasteiger partial charge in [0.2, 0.25) is 0 Å². The molecule has 7 nitrogen and oxygen atoms in total. The number of benzene rings is 1. The average Bonchev–Trinajstić information content (AvgIpc) is 3.49. The van der Waals surface area contributed by atoms with Crippen LogP contribution in [-0.2, 0) is 7.05 Å². The second-order valence-electron chi connectivity index (χ2n) is 7.52. The fourth-order valence-corrected chi connectivity index (χ4v) is 3.70. The number of hydrogen-bond acceptors (Lipinski definition) is 3. The van der Waals surface area contributed by atoms with Gasteiger partial charge in [0.25, 0.3) is 5.91 Å². The molecular formula is C20H27N5O2. The summed E-state index contributed by atoms with van der Waals surface area (Å²) in [6, 6.07) is 5.76. The van der Waals surface area contributed by atoms with E-state index >= 15 is 0 Å². The molecule has 0 bridgehead atoms. The monoisotopic (exact) mass is 369 g/mol. The number of piperazine rings is 1. The van der Waals surface area contributed by atoms with Crippen LogP contribution in [0.2, 0.25) is 0 Å². The summed E-state index contributed by atoms with van der Waals surface area (Å²) in [5.41, 5.74) is 2.64. The molecule has 1 saturated carbocycles. The van der Waals surface area contributed by atoms with Gasteiger partial charge in [-0.1, -0.05) is 6.92 Å². The van der Waals surface area contributed by atoms with E-state index in [0.29, 0.717) is 44.2 Å². The zero-order chi connectivity index (χ0) is 19.0. The molecule has 2 heterocycles. The first-order valence-electron chi connectivity index (χ1n) is 9.87. The maximum Gasteiger partial charge on any atom is 0.317 e. The molecule has 144 valence electrons. The van der Waals surface area contributed by atoms with Crippen molar-refractivity contribution in [3.05, 3.63) is 29.6 Å². The number of aromatic nitrogens is 2. The van der Waals surface area contributed by atoms with Crippen molar-refractivity contribution in [2.75, 3.05) is 32.7 Å². The number of aryl methyl sites for hydroxylation is 1. The lowest BCUT2D eigenvalue weighted by molar-refractivity contribution is 0.0665. The van der Waals surface area contributed by atoms with E-state index in [4.69, 9.17) is 4.98 Å². The molecule has 1 N–H and O–H groups in total. The Morgan fingerprint density at radius 3 is 2.52 bits per heavy atom. The van der Waals surface area contributed by atoms with Gasteiger partial charge in [0.15, 0.2) is 0 Å². The molecule has 0 unspecified atom stereocenters. The SMILES string of the molecule is CCCNC(=O)N1CCN(C(=O)c2ccc3c(c2)nc(C2CC2)n3C)CC1. The van der Waals surface area contributed by atoms with Gasteiger partial charge in [-0.2, -0.15) is 0 Å². The normalized spacial score (nSPS) is 17.4. The summed E-state index contributed by atoms with van der Waals surface area (Å²) in [6.45, 7) is 4.98. The van der Waals surface area contributed by atoms with Crippen molar-refractivity contribution in [1.82, 2.24) is 24.7 Å². The Morgan fingerprint density at radius 2 is 1.85 bits per heavy atom. The van der Waals surface area contributed by atoms with Crippen LogP contribution in [0.4, 0.5) is 4.79 Å². The highest BCUT2D eigenvalue weighted by atomic mass is 16.2. The zero-order valence-electron chi connectivity index (χ0n) is 16.1. The summed E-state index contributed by atoms with van der Waals surface area (Å²) < 4.78 is 2.15. The minimum Gasteiger partial charge on any atom is -0.338 e. The van der Waals surface area contributed by atoms with Gasteiger partial charge in [0, 0.05) is 51.3 Å². The molecular weight excluding hydrogens is 342 g/mol. The first-order valence-corrected chi connectivity index (χ1v) is 9.87. The third kappa shape index (κ3) is 3.50. The van der Waals surface area contributed by atoms with E-state index in [9.17, 15) is 9.59 Å². The zero-order valence-corrected chi connectivity index (χ0v) is 16.1. The second kappa shape index (κ2) is 7.21. The van der Waals surface area contributed by atoms with E-state index in [0.717, 1.165) is 23.3 Å². The van der Waals surface area contributed by atoms with E-state index in [2.05, 4.69) is 9.88 Å². The number of hydrogen-bond donors (Lipinski definition) is 1. The molecule has 4 rings (SSSR count). The number of fused-ring (bicyclic) bond motifs is 1. The van der Waals surface area contributed by atoms with E-state index in [1.54, 1.807) is 4.90 Å². The Labute approximate surface area is 159 Å². The second-order valence-corrected chi connectivity index (χ2v) is 7.52. The smallest absolute Gasteiger partial charge is 0.317 e. The predicted octanol–water partition coefficient (Wildman–Crippen LogP) is 2.33. The molecule has 2 aliphatic rings. The van der Waals surface area contributed by atoms with E-state index < -0.39 is 0 Å². The Bertz CT molecular complexity index is 863. The number of imidazole rings is 1. The number of carbonyl (C=O) groups is 2. The fraction of sp³-hybridized carbons (Fsp3) is 0.550. The van der Waals surface area contributed by atoms with Gasteiger partial charge in [-0.25, -0.2) is 9.78 Å². The van der Waals surface area contributed by atoms with E-state index in [1.165, 1.54) is 12.8 Å². The molecule has 3 amide bonds. The molecule has 1 saturated heterocycles. The minimum absolute atomic E-state index is 0.0177. The summed E-state index contributed by atoms with van der Waals surface area (Å²) in [5.74, 6) is 1.72. The van der Waals surface area contributed by atoms with Gasteiger partial charge in [-0.05, 0) is 37.5 Å². The molecule has 27 heavy (non-hydrogen) atoms. The Kier molecular flexibility index (Phi) is 4.76. The number of nitrogens with one attached hydrogen (secondary N) is 1. The van der Waals surface area contributed by atoms with E-state index in [1.807, 2.05) is 37.1 Å². The standard InChI is InChI=1S/C20H27N5O2/c1-3-8-21-20(27)25-11-9-24(10-12-25)19(26)15-6-7-17-16(13-15)22-18(23(17)2)14-4-5-14/h6-7,13-14H,3-5,8-12H2,1-2H3,(H,21,27). The third-order valence-corrected chi connectivity index (χ3v) is 5.49. The van der Waals surface area contributed by atoms with Crippen LogP contribution in [0.15, 0.2) is 18.2 Å². The van der Waals surface area contributed by atoms with Crippen molar-refractivity contribution in [1.29, 1.82) is 0 Å². The van der Waals surface area contributed by atoms with Gasteiger partial charge in [-0.3, -0.25) is 4.79 Å². The molecule has 2 aromatic rings. The van der Waals surface area contributed by atoms with Crippen molar-refractivity contribution in [2.45, 2.75) is 32.1 Å². The summed E-state index contributed by atoms with van der Waals surface area (Å²) in [4.78, 5) is 33.3. The Morgan fingerprint density at radius 1 is 1.15 bits per heavy atom. The van der Waals surface area contributed by atoms with Gasteiger partial charge in [0.1, 0.15) is 5.82 Å². The summed E-state index contributed by atoms with van der Waals surface area (Å²) in [7, 11) is 2.05.